The van der Waals surface area contributed by atoms with E-state index in [0.29, 0.717) is 21.4 Å². The Morgan fingerprint density at radius 3 is 2.50 bits per heavy atom. The highest BCUT2D eigenvalue weighted by Crippen LogP contribution is 2.31. The molecule has 28 heavy (non-hydrogen) atoms. The van der Waals surface area contributed by atoms with Gasteiger partial charge in [-0.3, -0.25) is 4.79 Å². The summed E-state index contributed by atoms with van der Waals surface area (Å²) in [5, 5.41) is 5.01. The smallest absolute Gasteiger partial charge is 0.341 e. The monoisotopic (exact) mass is 413 g/mol. The van der Waals surface area contributed by atoms with E-state index < -0.39 is 5.97 Å². The fourth-order valence-electron chi connectivity index (χ4n) is 2.94. The molecule has 2 aliphatic heterocycles. The van der Waals surface area contributed by atoms with Gasteiger partial charge in [0, 0.05) is 12.4 Å². The second kappa shape index (κ2) is 7.14. The fraction of sp³-hybridized carbons (Fsp3) is 0.0500. The number of ether oxygens (including phenoxy) is 1. The van der Waals surface area contributed by atoms with Crippen LogP contribution in [-0.2, 0) is 4.74 Å². The van der Waals surface area contributed by atoms with Crippen LogP contribution < -0.4 is 5.56 Å². The summed E-state index contributed by atoms with van der Waals surface area (Å²) < 4.78 is 7.70. The first-order valence-corrected chi connectivity index (χ1v) is 9.00. The van der Waals surface area contributed by atoms with Crippen LogP contribution in [0.25, 0.3) is 22.6 Å². The number of rotatable bonds is 3. The summed E-state index contributed by atoms with van der Waals surface area (Å²) in [6.07, 6.45) is 3.10. The topological polar surface area (TPSA) is 66.1 Å². The summed E-state index contributed by atoms with van der Waals surface area (Å²) in [6, 6.07) is 14.1. The maximum absolute atomic E-state index is 13.0. The third-order valence-electron chi connectivity index (χ3n) is 4.28. The van der Waals surface area contributed by atoms with Gasteiger partial charge in [0.2, 0.25) is 0 Å². The number of aromatic nitrogens is 3. The predicted octanol–water partition coefficient (Wildman–Crippen LogP) is 4.22. The molecule has 0 unspecified atom stereocenters. The van der Waals surface area contributed by atoms with Crippen molar-refractivity contribution in [3.05, 3.63) is 86.9 Å². The number of esters is 1. The molecule has 0 fully saturated rings. The Bertz CT molecular complexity index is 1220. The average molecular weight is 414 g/mol. The second-order valence-electron chi connectivity index (χ2n) is 5.96. The summed E-state index contributed by atoms with van der Waals surface area (Å²) in [6.45, 7) is 0. The quantitative estimate of drug-likeness (QED) is 0.471. The molecule has 2 aromatic carbocycles. The first-order valence-electron chi connectivity index (χ1n) is 8.24. The molecule has 0 aliphatic carbocycles. The van der Waals surface area contributed by atoms with Crippen molar-refractivity contribution in [2.24, 2.45) is 0 Å². The average Bonchev–Trinajstić information content (AvgIpc) is 3.06. The van der Waals surface area contributed by atoms with Crippen molar-refractivity contribution in [2.75, 3.05) is 7.11 Å². The number of methoxy groups -OCH3 is 1. The number of benzene rings is 2. The Morgan fingerprint density at radius 1 is 1.04 bits per heavy atom. The van der Waals surface area contributed by atoms with E-state index in [1.54, 1.807) is 53.2 Å². The highest BCUT2D eigenvalue weighted by molar-refractivity contribution is 6.43. The predicted molar refractivity (Wildman–Crippen MR) is 107 cm³/mol. The summed E-state index contributed by atoms with van der Waals surface area (Å²) in [5.74, 6) is -0.616. The molecule has 0 saturated heterocycles. The zero-order chi connectivity index (χ0) is 19.8. The minimum atomic E-state index is -0.616. The Labute approximate surface area is 169 Å². The Balaban J connectivity index is 2.03. The van der Waals surface area contributed by atoms with Crippen molar-refractivity contribution in [3.8, 4) is 22.6 Å². The highest BCUT2D eigenvalue weighted by atomic mass is 35.5. The van der Waals surface area contributed by atoms with Gasteiger partial charge in [-0.25, -0.2) is 4.79 Å². The maximum atomic E-state index is 13.0. The van der Waals surface area contributed by atoms with Gasteiger partial charge in [-0.2, -0.15) is 9.78 Å². The van der Waals surface area contributed by atoms with E-state index in [0.717, 1.165) is 0 Å². The summed E-state index contributed by atoms with van der Waals surface area (Å²) in [5.41, 5.74) is 1.39. The van der Waals surface area contributed by atoms with Crippen molar-refractivity contribution >= 4 is 29.2 Å². The van der Waals surface area contributed by atoms with Gasteiger partial charge in [0.25, 0.3) is 5.56 Å². The molecule has 0 bridgehead atoms. The van der Waals surface area contributed by atoms with E-state index >= 15 is 0 Å². The van der Waals surface area contributed by atoms with Crippen molar-refractivity contribution < 1.29 is 9.53 Å². The maximum Gasteiger partial charge on any atom is 0.341 e. The van der Waals surface area contributed by atoms with Gasteiger partial charge in [0.1, 0.15) is 11.3 Å². The van der Waals surface area contributed by atoms with E-state index in [-0.39, 0.29) is 22.4 Å². The van der Waals surface area contributed by atoms with Crippen LogP contribution in [0.2, 0.25) is 10.0 Å². The van der Waals surface area contributed by atoms with Gasteiger partial charge in [-0.15, -0.1) is 0 Å². The zero-order valence-corrected chi connectivity index (χ0v) is 16.1. The number of fused-ring (bicyclic) bond motifs is 1. The number of halogens is 2. The minimum absolute atomic E-state index is 0.142. The van der Waals surface area contributed by atoms with E-state index in [9.17, 15) is 9.59 Å². The molecule has 0 spiro atoms. The fourth-order valence-corrected chi connectivity index (χ4v) is 3.33. The zero-order valence-electron chi connectivity index (χ0n) is 14.6. The van der Waals surface area contributed by atoms with Gasteiger partial charge in [-0.05, 0) is 24.3 Å². The molecule has 0 aromatic heterocycles. The lowest BCUT2D eigenvalue weighted by atomic mass is 10.1. The van der Waals surface area contributed by atoms with E-state index in [1.807, 2.05) is 6.07 Å². The number of nitrogens with zero attached hydrogens (tertiary/aromatic N) is 3. The number of hydrogen-bond acceptors (Lipinski definition) is 4. The first kappa shape index (κ1) is 18.3. The molecule has 2 aliphatic rings. The molecule has 0 amide bonds. The first-order chi connectivity index (χ1) is 13.5. The molecular formula is C20H13Cl2N3O3. The SMILES string of the molecule is COC(=O)c1cn(-c2cccc(Cl)c2Cl)cc2c(=O)n(-c3ccccc3)nc1-2. The van der Waals surface area contributed by atoms with Crippen LogP contribution in [0, 0.1) is 0 Å². The van der Waals surface area contributed by atoms with Gasteiger partial charge >= 0.3 is 5.97 Å². The number of carbonyl (C=O) groups is 1. The number of carbonyl (C=O) groups excluding carboxylic acids is 1. The molecule has 0 N–H and O–H groups in total. The second-order valence-corrected chi connectivity index (χ2v) is 6.74. The Kier molecular flexibility index (Phi) is 4.66. The third kappa shape index (κ3) is 2.96. The Morgan fingerprint density at radius 2 is 1.79 bits per heavy atom. The molecule has 6 nitrogen and oxygen atoms in total. The van der Waals surface area contributed by atoms with Crippen LogP contribution in [0.1, 0.15) is 10.4 Å². The van der Waals surface area contributed by atoms with Gasteiger partial charge < -0.3 is 9.30 Å². The van der Waals surface area contributed by atoms with Crippen molar-refractivity contribution in [2.45, 2.75) is 0 Å². The van der Waals surface area contributed by atoms with Crippen molar-refractivity contribution in [1.29, 1.82) is 0 Å². The molecule has 0 saturated carbocycles. The number of hydrogen-bond donors (Lipinski definition) is 0. The standard InChI is InChI=1S/C20H13Cl2N3O3/c1-28-20(27)14-11-24(16-9-5-8-15(21)17(16)22)10-13-18(14)23-25(19(13)26)12-6-3-2-4-7-12/h2-11H,1H3. The van der Waals surface area contributed by atoms with Crippen LogP contribution in [0.15, 0.2) is 65.7 Å². The molecule has 8 heteroatoms. The van der Waals surface area contributed by atoms with Crippen LogP contribution >= 0.6 is 23.2 Å². The van der Waals surface area contributed by atoms with Gasteiger partial charge in [-0.1, -0.05) is 47.5 Å². The normalized spacial score (nSPS) is 11.0. The van der Waals surface area contributed by atoms with Crippen molar-refractivity contribution in [1.82, 2.24) is 14.3 Å². The van der Waals surface area contributed by atoms with E-state index in [2.05, 4.69) is 5.10 Å². The summed E-state index contributed by atoms with van der Waals surface area (Å²) >= 11 is 12.4. The largest absolute Gasteiger partial charge is 0.465 e. The van der Waals surface area contributed by atoms with Crippen LogP contribution in [0.3, 0.4) is 0 Å². The van der Waals surface area contributed by atoms with Gasteiger partial charge in [0.05, 0.1) is 34.1 Å². The highest BCUT2D eigenvalue weighted by Gasteiger charge is 2.25. The van der Waals surface area contributed by atoms with E-state index in [1.165, 1.54) is 18.0 Å². The van der Waals surface area contributed by atoms with E-state index in [4.69, 9.17) is 27.9 Å². The van der Waals surface area contributed by atoms with Crippen LogP contribution in [0.5, 0.6) is 0 Å². The van der Waals surface area contributed by atoms with Crippen molar-refractivity contribution in [3.63, 3.8) is 0 Å². The molecule has 4 rings (SSSR count). The third-order valence-corrected chi connectivity index (χ3v) is 5.09. The molecule has 0 atom stereocenters. The summed E-state index contributed by atoms with van der Waals surface area (Å²) in [7, 11) is 1.27. The Hall–Kier alpha value is -3.09. The van der Waals surface area contributed by atoms with Crippen LogP contribution in [0.4, 0.5) is 0 Å². The minimum Gasteiger partial charge on any atom is -0.465 e. The van der Waals surface area contributed by atoms with Crippen LogP contribution in [-0.4, -0.2) is 27.4 Å². The lowest BCUT2D eigenvalue weighted by Gasteiger charge is -2.13. The lowest BCUT2D eigenvalue weighted by molar-refractivity contribution is 0.0600. The molecular weight excluding hydrogens is 401 g/mol. The lowest BCUT2D eigenvalue weighted by Crippen LogP contribution is -2.15. The molecule has 0 radical (unpaired) electrons. The molecule has 2 heterocycles. The number of para-hydroxylation sites is 1. The molecule has 2 aromatic rings. The number of pyridine rings is 1. The molecule has 140 valence electrons. The van der Waals surface area contributed by atoms with Gasteiger partial charge in [0.15, 0.2) is 0 Å². The summed E-state index contributed by atoms with van der Waals surface area (Å²) in [4.78, 5) is 25.4.